The van der Waals surface area contributed by atoms with Crippen LogP contribution in [-0.4, -0.2) is 24.6 Å². The maximum Gasteiger partial charge on any atom is 0.00903 e. The molecule has 0 aromatic heterocycles. The molecule has 0 fully saturated rings. The van der Waals surface area contributed by atoms with Crippen LogP contribution in [0.3, 0.4) is 0 Å². The Hall–Kier alpha value is 0.310. The molecule has 13 heavy (non-hydrogen) atoms. The van der Waals surface area contributed by atoms with Crippen LogP contribution in [0.1, 0.15) is 40.0 Å². The van der Waals surface area contributed by atoms with E-state index in [9.17, 15) is 0 Å². The Kier molecular flexibility index (Phi) is 9.10. The van der Waals surface area contributed by atoms with Gasteiger partial charge in [0.05, 0.1) is 0 Å². The molecule has 1 nitrogen and oxygen atoms in total. The van der Waals surface area contributed by atoms with E-state index in [4.69, 9.17) is 0 Å². The third kappa shape index (κ3) is 7.39. The summed E-state index contributed by atoms with van der Waals surface area (Å²) >= 11 is 1.95. The summed E-state index contributed by atoms with van der Waals surface area (Å²) in [6.45, 7) is 8.02. The molecule has 1 atom stereocenters. The van der Waals surface area contributed by atoms with E-state index in [1.165, 1.54) is 31.6 Å². The van der Waals surface area contributed by atoms with Gasteiger partial charge in [0, 0.05) is 6.04 Å². The average molecular weight is 203 g/mol. The van der Waals surface area contributed by atoms with Crippen LogP contribution in [0, 0.1) is 5.92 Å². The molecule has 0 aliphatic carbocycles. The predicted molar refractivity (Wildman–Crippen MR) is 64.5 cm³/mol. The topological polar surface area (TPSA) is 12.0 Å². The highest BCUT2D eigenvalue weighted by molar-refractivity contribution is 7.98. The molecule has 0 amide bonds. The average Bonchev–Trinajstić information content (AvgIpc) is 2.10. The first-order chi connectivity index (χ1) is 6.22. The van der Waals surface area contributed by atoms with E-state index in [0.29, 0.717) is 0 Å². The van der Waals surface area contributed by atoms with Gasteiger partial charge < -0.3 is 5.32 Å². The van der Waals surface area contributed by atoms with Gasteiger partial charge in [-0.3, -0.25) is 0 Å². The fourth-order valence-electron chi connectivity index (χ4n) is 1.45. The summed E-state index contributed by atoms with van der Waals surface area (Å²) in [4.78, 5) is 0. The number of thioether (sulfide) groups is 1. The fourth-order valence-corrected chi connectivity index (χ4v) is 1.90. The maximum absolute atomic E-state index is 3.62. The molecule has 80 valence electrons. The molecular weight excluding hydrogens is 178 g/mol. The zero-order chi connectivity index (χ0) is 10.1. The van der Waals surface area contributed by atoms with Gasteiger partial charge in [0.25, 0.3) is 0 Å². The summed E-state index contributed by atoms with van der Waals surface area (Å²) in [6, 6.07) is 0.729. The first-order valence-corrected chi connectivity index (χ1v) is 6.84. The minimum Gasteiger partial charge on any atom is -0.314 e. The van der Waals surface area contributed by atoms with E-state index in [1.54, 1.807) is 0 Å². The molecule has 1 N–H and O–H groups in total. The second-order valence-electron chi connectivity index (χ2n) is 3.94. The summed E-state index contributed by atoms with van der Waals surface area (Å²) in [5, 5.41) is 3.62. The van der Waals surface area contributed by atoms with Crippen molar-refractivity contribution < 1.29 is 0 Å². The summed E-state index contributed by atoms with van der Waals surface area (Å²) in [7, 11) is 0. The van der Waals surface area contributed by atoms with Crippen molar-refractivity contribution in [3.63, 3.8) is 0 Å². The predicted octanol–water partition coefficient (Wildman–Crippen LogP) is 3.15. The van der Waals surface area contributed by atoms with Crippen LogP contribution in [0.5, 0.6) is 0 Å². The van der Waals surface area contributed by atoms with Gasteiger partial charge in [-0.1, -0.05) is 20.8 Å². The Balaban J connectivity index is 3.54. The van der Waals surface area contributed by atoms with Gasteiger partial charge in [-0.05, 0) is 43.7 Å². The highest BCUT2D eigenvalue weighted by Crippen LogP contribution is 2.10. The first kappa shape index (κ1) is 13.3. The standard InChI is InChI=1S/C11H25NS/c1-5-8-12-11(10(2)3)7-6-9-13-4/h10-12H,5-9H2,1-4H3. The lowest BCUT2D eigenvalue weighted by molar-refractivity contribution is 0.376. The monoisotopic (exact) mass is 203 g/mol. The molecule has 1 unspecified atom stereocenters. The second-order valence-corrected chi connectivity index (χ2v) is 4.93. The van der Waals surface area contributed by atoms with Crippen LogP contribution in [0.2, 0.25) is 0 Å². The van der Waals surface area contributed by atoms with Crippen molar-refractivity contribution in [1.29, 1.82) is 0 Å². The first-order valence-electron chi connectivity index (χ1n) is 5.44. The second kappa shape index (κ2) is 8.89. The van der Waals surface area contributed by atoms with Gasteiger partial charge >= 0.3 is 0 Å². The lowest BCUT2D eigenvalue weighted by Gasteiger charge is -2.22. The molecular formula is C11H25NS. The highest BCUT2D eigenvalue weighted by atomic mass is 32.2. The maximum atomic E-state index is 3.62. The molecule has 0 aromatic rings. The van der Waals surface area contributed by atoms with E-state index in [-0.39, 0.29) is 0 Å². The summed E-state index contributed by atoms with van der Waals surface area (Å²) < 4.78 is 0. The smallest absolute Gasteiger partial charge is 0.00903 e. The molecule has 0 aliphatic rings. The van der Waals surface area contributed by atoms with Gasteiger partial charge in [-0.25, -0.2) is 0 Å². The molecule has 0 bridgehead atoms. The lowest BCUT2D eigenvalue weighted by atomic mass is 9.99. The number of hydrogen-bond donors (Lipinski definition) is 1. The zero-order valence-electron chi connectivity index (χ0n) is 9.60. The van der Waals surface area contributed by atoms with Crippen LogP contribution in [0.4, 0.5) is 0 Å². The fraction of sp³-hybridized carbons (Fsp3) is 1.00. The number of rotatable bonds is 8. The highest BCUT2D eigenvalue weighted by Gasteiger charge is 2.10. The van der Waals surface area contributed by atoms with Crippen LogP contribution in [-0.2, 0) is 0 Å². The van der Waals surface area contributed by atoms with E-state index < -0.39 is 0 Å². The Morgan fingerprint density at radius 3 is 2.46 bits per heavy atom. The molecule has 0 saturated carbocycles. The SMILES string of the molecule is CCCNC(CCCSC)C(C)C. The third-order valence-corrected chi connectivity index (χ3v) is 3.02. The van der Waals surface area contributed by atoms with E-state index in [0.717, 1.165) is 12.0 Å². The largest absolute Gasteiger partial charge is 0.314 e. The zero-order valence-corrected chi connectivity index (χ0v) is 10.4. The van der Waals surface area contributed by atoms with Gasteiger partial charge in [-0.2, -0.15) is 11.8 Å². The Morgan fingerprint density at radius 2 is 2.00 bits per heavy atom. The molecule has 0 aliphatic heterocycles. The van der Waals surface area contributed by atoms with Gasteiger partial charge in [-0.15, -0.1) is 0 Å². The van der Waals surface area contributed by atoms with Crippen LogP contribution >= 0.6 is 11.8 Å². The third-order valence-electron chi connectivity index (χ3n) is 2.32. The molecule has 0 saturated heterocycles. The molecule has 2 heteroatoms. The van der Waals surface area contributed by atoms with Crippen molar-refractivity contribution in [2.75, 3.05) is 18.6 Å². The quantitative estimate of drug-likeness (QED) is 0.608. The minimum atomic E-state index is 0.729. The van der Waals surface area contributed by atoms with E-state index >= 15 is 0 Å². The van der Waals surface area contributed by atoms with Crippen molar-refractivity contribution >= 4 is 11.8 Å². The van der Waals surface area contributed by atoms with Crippen molar-refractivity contribution in [2.24, 2.45) is 5.92 Å². The summed E-state index contributed by atoms with van der Waals surface area (Å²) in [5.41, 5.74) is 0. The molecule has 0 rings (SSSR count). The summed E-state index contributed by atoms with van der Waals surface area (Å²) in [6.07, 6.45) is 6.11. The van der Waals surface area contributed by atoms with Crippen LogP contribution in [0.15, 0.2) is 0 Å². The van der Waals surface area contributed by atoms with E-state index in [2.05, 4.69) is 32.3 Å². The molecule has 0 radical (unpaired) electrons. The van der Waals surface area contributed by atoms with Crippen molar-refractivity contribution in [1.82, 2.24) is 5.32 Å². The Labute approximate surface area is 88.1 Å². The van der Waals surface area contributed by atoms with Gasteiger partial charge in [0.2, 0.25) is 0 Å². The van der Waals surface area contributed by atoms with E-state index in [1.807, 2.05) is 11.8 Å². The van der Waals surface area contributed by atoms with Crippen molar-refractivity contribution in [2.45, 2.75) is 46.1 Å². The Bertz CT molecular complexity index is 104. The summed E-state index contributed by atoms with van der Waals surface area (Å²) in [5.74, 6) is 2.07. The lowest BCUT2D eigenvalue weighted by Crippen LogP contribution is -2.34. The Morgan fingerprint density at radius 1 is 1.31 bits per heavy atom. The number of nitrogens with one attached hydrogen (secondary N) is 1. The van der Waals surface area contributed by atoms with Crippen LogP contribution in [0.25, 0.3) is 0 Å². The minimum absolute atomic E-state index is 0.729. The molecule has 0 heterocycles. The van der Waals surface area contributed by atoms with Crippen LogP contribution < -0.4 is 5.32 Å². The normalized spacial score (nSPS) is 13.6. The number of hydrogen-bond acceptors (Lipinski definition) is 2. The molecule has 0 spiro atoms. The van der Waals surface area contributed by atoms with Gasteiger partial charge in [0.15, 0.2) is 0 Å². The van der Waals surface area contributed by atoms with Crippen molar-refractivity contribution in [3.05, 3.63) is 0 Å². The molecule has 0 aromatic carbocycles. The van der Waals surface area contributed by atoms with Crippen molar-refractivity contribution in [3.8, 4) is 0 Å². The van der Waals surface area contributed by atoms with Gasteiger partial charge in [0.1, 0.15) is 0 Å².